The standard InChI is InChI=1S/C19H23FN2O5S2/c1-2-27-18-11-8-16(21-28(23,24)17-9-6-15(20)7-10-17)14-19(18)29(25,26)22-12-4-3-5-13-22/h6-11,14,21H,2-5,12-13H2,1H3. The minimum absolute atomic E-state index is 0.0772. The maximum Gasteiger partial charge on any atom is 0.261 e. The van der Waals surface area contributed by atoms with Gasteiger partial charge in [0.2, 0.25) is 10.0 Å². The predicted molar refractivity (Wildman–Crippen MR) is 107 cm³/mol. The minimum atomic E-state index is -4.01. The number of ether oxygens (including phenoxy) is 1. The van der Waals surface area contributed by atoms with Crippen LogP contribution in [0.5, 0.6) is 5.75 Å². The normalized spacial score (nSPS) is 15.8. The van der Waals surface area contributed by atoms with Gasteiger partial charge >= 0.3 is 0 Å². The molecule has 7 nitrogen and oxygen atoms in total. The van der Waals surface area contributed by atoms with Gasteiger partial charge in [0.1, 0.15) is 16.5 Å². The SMILES string of the molecule is CCOc1ccc(NS(=O)(=O)c2ccc(F)cc2)cc1S(=O)(=O)N1CCCCC1. The van der Waals surface area contributed by atoms with Crippen LogP contribution >= 0.6 is 0 Å². The molecule has 1 aliphatic heterocycles. The Bertz CT molecular complexity index is 1060. The lowest BCUT2D eigenvalue weighted by molar-refractivity contribution is 0.323. The summed E-state index contributed by atoms with van der Waals surface area (Å²) < 4.78 is 73.7. The molecule has 0 amide bonds. The molecule has 1 fully saturated rings. The summed E-state index contributed by atoms with van der Waals surface area (Å²) in [6, 6.07) is 8.48. The second-order valence-electron chi connectivity index (χ2n) is 6.62. The summed E-state index contributed by atoms with van der Waals surface area (Å²) in [5.74, 6) is -0.386. The Labute approximate surface area is 170 Å². The maximum absolute atomic E-state index is 13.1. The van der Waals surface area contributed by atoms with Crippen molar-refractivity contribution in [1.82, 2.24) is 4.31 Å². The fourth-order valence-electron chi connectivity index (χ4n) is 3.12. The van der Waals surface area contributed by atoms with E-state index < -0.39 is 25.9 Å². The fourth-order valence-corrected chi connectivity index (χ4v) is 5.84. The van der Waals surface area contributed by atoms with Gasteiger partial charge < -0.3 is 4.74 Å². The second-order valence-corrected chi connectivity index (χ2v) is 10.2. The number of rotatable bonds is 7. The average molecular weight is 443 g/mol. The molecule has 29 heavy (non-hydrogen) atoms. The van der Waals surface area contributed by atoms with Gasteiger partial charge in [-0.3, -0.25) is 4.72 Å². The van der Waals surface area contributed by atoms with Gasteiger partial charge in [0.15, 0.2) is 0 Å². The van der Waals surface area contributed by atoms with Crippen molar-refractivity contribution in [2.24, 2.45) is 0 Å². The van der Waals surface area contributed by atoms with Gasteiger partial charge in [-0.15, -0.1) is 0 Å². The molecular formula is C19H23FN2O5S2. The first-order chi connectivity index (χ1) is 13.7. The number of halogens is 1. The van der Waals surface area contributed by atoms with E-state index in [0.717, 1.165) is 43.5 Å². The summed E-state index contributed by atoms with van der Waals surface area (Å²) in [4.78, 5) is -0.214. The van der Waals surface area contributed by atoms with Crippen molar-refractivity contribution in [2.75, 3.05) is 24.4 Å². The van der Waals surface area contributed by atoms with Crippen molar-refractivity contribution in [3.63, 3.8) is 0 Å². The first-order valence-electron chi connectivity index (χ1n) is 9.29. The molecule has 0 atom stereocenters. The van der Waals surface area contributed by atoms with E-state index in [1.807, 2.05) is 0 Å². The fraction of sp³-hybridized carbons (Fsp3) is 0.368. The van der Waals surface area contributed by atoms with E-state index in [0.29, 0.717) is 13.1 Å². The Balaban J connectivity index is 1.97. The van der Waals surface area contributed by atoms with Crippen molar-refractivity contribution in [1.29, 1.82) is 0 Å². The second kappa shape index (κ2) is 8.68. The maximum atomic E-state index is 13.1. The molecule has 0 saturated carbocycles. The molecule has 1 aliphatic rings. The van der Waals surface area contributed by atoms with Crippen molar-refractivity contribution in [3.05, 3.63) is 48.3 Å². The van der Waals surface area contributed by atoms with Crippen LogP contribution in [-0.2, 0) is 20.0 Å². The molecule has 1 N–H and O–H groups in total. The Morgan fingerprint density at radius 3 is 2.28 bits per heavy atom. The van der Waals surface area contributed by atoms with Gasteiger partial charge in [-0.1, -0.05) is 6.42 Å². The molecule has 10 heteroatoms. The molecule has 2 aromatic carbocycles. The molecule has 0 aromatic heterocycles. The van der Waals surface area contributed by atoms with E-state index in [1.165, 1.54) is 22.5 Å². The number of piperidine rings is 1. The van der Waals surface area contributed by atoms with Crippen LogP contribution in [0.25, 0.3) is 0 Å². The molecule has 0 unspecified atom stereocenters. The summed E-state index contributed by atoms with van der Waals surface area (Å²) in [5, 5.41) is 0. The lowest BCUT2D eigenvalue weighted by atomic mass is 10.2. The van der Waals surface area contributed by atoms with E-state index in [1.54, 1.807) is 6.92 Å². The van der Waals surface area contributed by atoms with Crippen molar-refractivity contribution < 1.29 is 26.0 Å². The van der Waals surface area contributed by atoms with E-state index in [4.69, 9.17) is 4.74 Å². The molecule has 1 saturated heterocycles. The predicted octanol–water partition coefficient (Wildman–Crippen LogP) is 3.20. The number of benzene rings is 2. The molecule has 158 valence electrons. The van der Waals surface area contributed by atoms with Crippen molar-refractivity contribution in [3.8, 4) is 5.75 Å². The summed E-state index contributed by atoms with van der Waals surface area (Å²) in [5.41, 5.74) is 0.0772. The number of sulfonamides is 2. The summed E-state index contributed by atoms with van der Waals surface area (Å²) in [7, 11) is -7.85. The highest BCUT2D eigenvalue weighted by atomic mass is 32.2. The average Bonchev–Trinajstić information content (AvgIpc) is 2.70. The van der Waals surface area contributed by atoms with E-state index >= 15 is 0 Å². The van der Waals surface area contributed by atoms with Crippen LogP contribution in [0, 0.1) is 5.82 Å². The Morgan fingerprint density at radius 2 is 1.66 bits per heavy atom. The van der Waals surface area contributed by atoms with Gasteiger partial charge in [0.05, 0.1) is 17.2 Å². The van der Waals surface area contributed by atoms with Gasteiger partial charge in [0.25, 0.3) is 10.0 Å². The number of nitrogens with one attached hydrogen (secondary N) is 1. The molecule has 2 aromatic rings. The summed E-state index contributed by atoms with van der Waals surface area (Å²) >= 11 is 0. The molecule has 3 rings (SSSR count). The zero-order valence-corrected chi connectivity index (χ0v) is 17.6. The summed E-state index contributed by atoms with van der Waals surface area (Å²) in [6.45, 7) is 2.84. The molecule has 0 aliphatic carbocycles. The Hall–Kier alpha value is -2.17. The number of hydrogen-bond acceptors (Lipinski definition) is 5. The van der Waals surface area contributed by atoms with Crippen LogP contribution in [0.4, 0.5) is 10.1 Å². The van der Waals surface area contributed by atoms with Crippen LogP contribution in [0.3, 0.4) is 0 Å². The van der Waals surface area contributed by atoms with E-state index in [2.05, 4.69) is 4.72 Å². The van der Waals surface area contributed by atoms with Crippen molar-refractivity contribution >= 4 is 25.7 Å². The van der Waals surface area contributed by atoms with Crippen LogP contribution in [0.2, 0.25) is 0 Å². The third-order valence-corrected chi connectivity index (χ3v) is 7.87. The smallest absolute Gasteiger partial charge is 0.261 e. The highest BCUT2D eigenvalue weighted by Gasteiger charge is 2.29. The minimum Gasteiger partial charge on any atom is -0.492 e. The molecular weight excluding hydrogens is 419 g/mol. The van der Waals surface area contributed by atoms with Gasteiger partial charge in [-0.05, 0) is 62.2 Å². The largest absolute Gasteiger partial charge is 0.492 e. The number of nitrogens with zero attached hydrogens (tertiary/aromatic N) is 1. The van der Waals surface area contributed by atoms with Gasteiger partial charge in [-0.2, -0.15) is 4.31 Å². The quantitative estimate of drug-likeness (QED) is 0.711. The topological polar surface area (TPSA) is 92.8 Å². The van der Waals surface area contributed by atoms with Crippen LogP contribution in [-0.4, -0.2) is 40.8 Å². The molecule has 1 heterocycles. The highest BCUT2D eigenvalue weighted by molar-refractivity contribution is 7.92. The first kappa shape index (κ1) is 21.5. The van der Waals surface area contributed by atoms with Gasteiger partial charge in [0, 0.05) is 13.1 Å². The van der Waals surface area contributed by atoms with Crippen LogP contribution in [0.15, 0.2) is 52.3 Å². The molecule has 0 radical (unpaired) electrons. The molecule has 0 bridgehead atoms. The Morgan fingerprint density at radius 1 is 1.00 bits per heavy atom. The first-order valence-corrected chi connectivity index (χ1v) is 12.2. The highest BCUT2D eigenvalue weighted by Crippen LogP contribution is 2.32. The van der Waals surface area contributed by atoms with E-state index in [-0.39, 0.29) is 27.8 Å². The van der Waals surface area contributed by atoms with Crippen LogP contribution < -0.4 is 9.46 Å². The number of hydrogen-bond donors (Lipinski definition) is 1. The van der Waals surface area contributed by atoms with Gasteiger partial charge in [-0.25, -0.2) is 21.2 Å². The third kappa shape index (κ3) is 4.88. The Kier molecular flexibility index (Phi) is 6.45. The summed E-state index contributed by atoms with van der Waals surface area (Å²) in [6.07, 6.45) is 2.53. The van der Waals surface area contributed by atoms with Crippen molar-refractivity contribution in [2.45, 2.75) is 36.0 Å². The number of anilines is 1. The lowest BCUT2D eigenvalue weighted by Crippen LogP contribution is -2.35. The van der Waals surface area contributed by atoms with E-state index in [9.17, 15) is 21.2 Å². The van der Waals surface area contributed by atoms with Crippen LogP contribution in [0.1, 0.15) is 26.2 Å². The zero-order chi connectivity index (χ0) is 21.1. The monoisotopic (exact) mass is 442 g/mol. The molecule has 0 spiro atoms. The zero-order valence-electron chi connectivity index (χ0n) is 16.0. The third-order valence-electron chi connectivity index (χ3n) is 4.55. The lowest BCUT2D eigenvalue weighted by Gasteiger charge is -2.27.